The fraction of sp³-hybridized carbons (Fsp3) is 1.00. The van der Waals surface area contributed by atoms with Gasteiger partial charge in [0.1, 0.15) is 0 Å². The van der Waals surface area contributed by atoms with Crippen molar-refractivity contribution in [2.75, 3.05) is 24.6 Å². The monoisotopic (exact) mass is 231 g/mol. The summed E-state index contributed by atoms with van der Waals surface area (Å²) in [6, 6.07) is 0. The van der Waals surface area contributed by atoms with E-state index in [1.165, 1.54) is 43.9 Å². The first-order chi connectivity index (χ1) is 7.20. The van der Waals surface area contributed by atoms with Crippen molar-refractivity contribution in [3.8, 4) is 0 Å². The van der Waals surface area contributed by atoms with Crippen LogP contribution in [0.1, 0.15) is 47.0 Å². The predicted molar refractivity (Wildman–Crippen MR) is 73.7 cm³/mol. The largest absolute Gasteiger partial charge is 0.316 e. The molecule has 15 heavy (non-hydrogen) atoms. The molecular weight excluding hydrogens is 202 g/mol. The quantitative estimate of drug-likeness (QED) is 0.574. The van der Waals surface area contributed by atoms with E-state index in [1.54, 1.807) is 0 Å². The van der Waals surface area contributed by atoms with Crippen LogP contribution in [0.3, 0.4) is 0 Å². The Hall–Kier alpha value is 0.310. The van der Waals surface area contributed by atoms with E-state index in [-0.39, 0.29) is 0 Å². The minimum Gasteiger partial charge on any atom is -0.316 e. The summed E-state index contributed by atoms with van der Waals surface area (Å²) in [7, 11) is 0. The van der Waals surface area contributed by atoms with Gasteiger partial charge in [-0.2, -0.15) is 11.8 Å². The number of rotatable bonds is 10. The van der Waals surface area contributed by atoms with Crippen LogP contribution in [0, 0.1) is 11.8 Å². The standard InChI is InChI=1S/C13H29NS/c1-5-13(8-7-9-15-6-2)11-14-10-12(3)4/h12-14H,5-11H2,1-4H3. The second-order valence-electron chi connectivity index (χ2n) is 4.67. The lowest BCUT2D eigenvalue weighted by molar-refractivity contribution is 0.414. The van der Waals surface area contributed by atoms with Gasteiger partial charge >= 0.3 is 0 Å². The van der Waals surface area contributed by atoms with Gasteiger partial charge in [-0.3, -0.25) is 0 Å². The number of hydrogen-bond acceptors (Lipinski definition) is 2. The van der Waals surface area contributed by atoms with E-state index in [0.29, 0.717) is 0 Å². The fourth-order valence-electron chi connectivity index (χ4n) is 1.65. The van der Waals surface area contributed by atoms with Gasteiger partial charge in [0.05, 0.1) is 0 Å². The van der Waals surface area contributed by atoms with Gasteiger partial charge in [-0.25, -0.2) is 0 Å². The number of hydrogen-bond donors (Lipinski definition) is 1. The topological polar surface area (TPSA) is 12.0 Å². The van der Waals surface area contributed by atoms with Crippen molar-refractivity contribution >= 4 is 11.8 Å². The average Bonchev–Trinajstić information content (AvgIpc) is 2.21. The third kappa shape index (κ3) is 10.6. The molecule has 1 atom stereocenters. The van der Waals surface area contributed by atoms with Crippen molar-refractivity contribution in [2.45, 2.75) is 47.0 Å². The molecule has 1 nitrogen and oxygen atoms in total. The number of nitrogens with one attached hydrogen (secondary N) is 1. The maximum absolute atomic E-state index is 3.57. The van der Waals surface area contributed by atoms with Crippen LogP contribution in [0.15, 0.2) is 0 Å². The summed E-state index contributed by atoms with van der Waals surface area (Å²) in [5, 5.41) is 3.57. The third-order valence-electron chi connectivity index (χ3n) is 2.67. The van der Waals surface area contributed by atoms with Crippen molar-refractivity contribution in [2.24, 2.45) is 11.8 Å². The molecule has 0 aromatic rings. The minimum atomic E-state index is 0.776. The van der Waals surface area contributed by atoms with Crippen LogP contribution < -0.4 is 5.32 Å². The molecule has 0 aliphatic heterocycles. The van der Waals surface area contributed by atoms with Crippen LogP contribution in [0.5, 0.6) is 0 Å². The van der Waals surface area contributed by atoms with Gasteiger partial charge in [-0.15, -0.1) is 0 Å². The van der Waals surface area contributed by atoms with Gasteiger partial charge in [-0.05, 0) is 49.3 Å². The first kappa shape index (κ1) is 15.3. The highest BCUT2D eigenvalue weighted by atomic mass is 32.2. The molecule has 0 amide bonds. The average molecular weight is 231 g/mol. The Morgan fingerprint density at radius 2 is 1.87 bits per heavy atom. The Kier molecular flexibility index (Phi) is 11.0. The zero-order chi connectivity index (χ0) is 11.5. The summed E-state index contributed by atoms with van der Waals surface area (Å²) in [6.07, 6.45) is 4.11. The molecule has 0 saturated heterocycles. The SMILES string of the molecule is CCSCCCC(CC)CNCC(C)C. The maximum atomic E-state index is 3.57. The Bertz CT molecular complexity index is 126. The van der Waals surface area contributed by atoms with Crippen LogP contribution in [0.4, 0.5) is 0 Å². The molecule has 0 fully saturated rings. The van der Waals surface area contributed by atoms with Crippen LogP contribution >= 0.6 is 11.8 Å². The van der Waals surface area contributed by atoms with E-state index in [4.69, 9.17) is 0 Å². The van der Waals surface area contributed by atoms with E-state index in [0.717, 1.165) is 11.8 Å². The Balaban J connectivity index is 3.38. The van der Waals surface area contributed by atoms with Gasteiger partial charge in [0, 0.05) is 0 Å². The highest BCUT2D eigenvalue weighted by Gasteiger charge is 2.05. The Morgan fingerprint density at radius 1 is 1.13 bits per heavy atom. The van der Waals surface area contributed by atoms with Gasteiger partial charge in [0.2, 0.25) is 0 Å². The predicted octanol–water partition coefficient (Wildman–Crippen LogP) is 3.79. The molecule has 0 saturated carbocycles. The van der Waals surface area contributed by atoms with Gasteiger partial charge in [0.25, 0.3) is 0 Å². The zero-order valence-electron chi connectivity index (χ0n) is 11.0. The molecule has 0 spiro atoms. The van der Waals surface area contributed by atoms with E-state index in [1.807, 2.05) is 0 Å². The molecular formula is C13H29NS. The highest BCUT2D eigenvalue weighted by molar-refractivity contribution is 7.99. The smallest absolute Gasteiger partial charge is 0.00205 e. The third-order valence-corrected chi connectivity index (χ3v) is 3.65. The van der Waals surface area contributed by atoms with Gasteiger partial charge < -0.3 is 5.32 Å². The summed E-state index contributed by atoms with van der Waals surface area (Å²) < 4.78 is 0. The molecule has 0 heterocycles. The van der Waals surface area contributed by atoms with E-state index >= 15 is 0 Å². The molecule has 0 bridgehead atoms. The summed E-state index contributed by atoms with van der Waals surface area (Å²) >= 11 is 2.07. The molecule has 0 aliphatic rings. The zero-order valence-corrected chi connectivity index (χ0v) is 11.8. The molecule has 0 radical (unpaired) electrons. The van der Waals surface area contributed by atoms with Crippen molar-refractivity contribution in [3.05, 3.63) is 0 Å². The highest BCUT2D eigenvalue weighted by Crippen LogP contribution is 2.13. The normalized spacial score (nSPS) is 13.4. The summed E-state index contributed by atoms with van der Waals surface area (Å²) in [4.78, 5) is 0. The van der Waals surface area contributed by atoms with Crippen LogP contribution in [-0.2, 0) is 0 Å². The second-order valence-corrected chi connectivity index (χ2v) is 6.06. The van der Waals surface area contributed by atoms with Crippen LogP contribution in [0.2, 0.25) is 0 Å². The fourth-order valence-corrected chi connectivity index (χ4v) is 2.30. The van der Waals surface area contributed by atoms with Crippen molar-refractivity contribution < 1.29 is 0 Å². The van der Waals surface area contributed by atoms with E-state index in [2.05, 4.69) is 44.8 Å². The van der Waals surface area contributed by atoms with Crippen LogP contribution in [0.25, 0.3) is 0 Å². The molecule has 1 N–H and O–H groups in total. The second kappa shape index (κ2) is 10.8. The number of thioether (sulfide) groups is 1. The minimum absolute atomic E-state index is 0.776. The summed E-state index contributed by atoms with van der Waals surface area (Å²) in [5.41, 5.74) is 0. The molecule has 1 unspecified atom stereocenters. The van der Waals surface area contributed by atoms with Gasteiger partial charge in [0.15, 0.2) is 0 Å². The molecule has 0 aromatic carbocycles. The molecule has 92 valence electrons. The van der Waals surface area contributed by atoms with Crippen molar-refractivity contribution in [1.82, 2.24) is 5.32 Å². The molecule has 0 rings (SSSR count). The van der Waals surface area contributed by atoms with Crippen molar-refractivity contribution in [1.29, 1.82) is 0 Å². The molecule has 0 aliphatic carbocycles. The first-order valence-corrected chi connectivity index (χ1v) is 7.64. The van der Waals surface area contributed by atoms with E-state index in [9.17, 15) is 0 Å². The maximum Gasteiger partial charge on any atom is -0.00205 e. The molecule has 0 aromatic heterocycles. The lowest BCUT2D eigenvalue weighted by Gasteiger charge is -2.16. The first-order valence-electron chi connectivity index (χ1n) is 6.49. The van der Waals surface area contributed by atoms with Crippen LogP contribution in [-0.4, -0.2) is 24.6 Å². The lowest BCUT2D eigenvalue weighted by Crippen LogP contribution is -2.26. The summed E-state index contributed by atoms with van der Waals surface area (Å²) in [6.45, 7) is 11.5. The lowest BCUT2D eigenvalue weighted by atomic mass is 10.0. The van der Waals surface area contributed by atoms with Gasteiger partial charge in [-0.1, -0.05) is 34.1 Å². The molecule has 2 heteroatoms. The van der Waals surface area contributed by atoms with E-state index < -0.39 is 0 Å². The Labute approximate surface area is 101 Å². The Morgan fingerprint density at radius 3 is 2.40 bits per heavy atom. The summed E-state index contributed by atoms with van der Waals surface area (Å²) in [5.74, 6) is 4.28. The van der Waals surface area contributed by atoms with Crippen molar-refractivity contribution in [3.63, 3.8) is 0 Å².